The van der Waals surface area contributed by atoms with Crippen LogP contribution in [0.2, 0.25) is 0 Å². The minimum atomic E-state index is 0.419. The van der Waals surface area contributed by atoms with Crippen molar-refractivity contribution in [1.82, 2.24) is 0 Å². The van der Waals surface area contributed by atoms with Gasteiger partial charge in [0.2, 0.25) is 0 Å². The average molecular weight is 279 g/mol. The molecule has 0 saturated heterocycles. The number of aryl methyl sites for hydroxylation is 1. The lowest BCUT2D eigenvalue weighted by molar-refractivity contribution is 0.303. The number of rotatable bonds is 4. The highest BCUT2D eigenvalue weighted by Crippen LogP contribution is 2.27. The molecule has 0 aromatic heterocycles. The molecule has 2 aromatic rings. The van der Waals surface area contributed by atoms with E-state index in [0.717, 1.165) is 18.6 Å². The summed E-state index contributed by atoms with van der Waals surface area (Å²) in [6, 6.07) is 15.1. The monoisotopic (exact) mass is 279 g/mol. The van der Waals surface area contributed by atoms with Crippen molar-refractivity contribution < 1.29 is 4.74 Å². The average Bonchev–Trinajstić information content (AvgIpc) is 2.53. The zero-order valence-corrected chi connectivity index (χ0v) is 12.7. The summed E-state index contributed by atoms with van der Waals surface area (Å²) < 4.78 is 6.01. The Kier molecular flexibility index (Phi) is 4.05. The number of fused-ring (bicyclic) bond motifs is 1. The van der Waals surface area contributed by atoms with Gasteiger partial charge in [0.1, 0.15) is 12.4 Å². The summed E-state index contributed by atoms with van der Waals surface area (Å²) in [5.74, 6) is 0.989. The van der Waals surface area contributed by atoms with Gasteiger partial charge in [0.25, 0.3) is 0 Å². The normalized spacial score (nSPS) is 16.6. The summed E-state index contributed by atoms with van der Waals surface area (Å²) in [6.07, 6.45) is 4.12. The van der Waals surface area contributed by atoms with Gasteiger partial charge in [-0.25, -0.2) is 0 Å². The Morgan fingerprint density at radius 3 is 2.76 bits per heavy atom. The minimum absolute atomic E-state index is 0.419. The Morgan fingerprint density at radius 1 is 1.19 bits per heavy atom. The summed E-state index contributed by atoms with van der Waals surface area (Å²) in [5.41, 5.74) is 4.96. The standard InChI is InChI=1S/C19H21NO/c1-3-18-10-16-11-19(14(2)9-17(16)12-20-18)21-13-15-7-5-4-6-8-15/h4-9,11-12,18H,3,10,13H2,1-2H3/t18-/m1/s1. The Balaban J connectivity index is 1.79. The van der Waals surface area contributed by atoms with Gasteiger partial charge in [-0.2, -0.15) is 0 Å². The molecule has 2 heteroatoms. The maximum Gasteiger partial charge on any atom is 0.123 e. The van der Waals surface area contributed by atoms with Gasteiger partial charge in [-0.05, 0) is 54.2 Å². The van der Waals surface area contributed by atoms with E-state index < -0.39 is 0 Å². The van der Waals surface area contributed by atoms with Gasteiger partial charge >= 0.3 is 0 Å². The lowest BCUT2D eigenvalue weighted by Gasteiger charge is -2.20. The molecule has 0 aliphatic carbocycles. The van der Waals surface area contributed by atoms with E-state index >= 15 is 0 Å². The van der Waals surface area contributed by atoms with Crippen LogP contribution in [0.3, 0.4) is 0 Å². The molecule has 0 saturated carbocycles. The molecule has 1 aliphatic rings. The van der Waals surface area contributed by atoms with Crippen molar-refractivity contribution in [2.75, 3.05) is 0 Å². The SMILES string of the molecule is CC[C@@H]1Cc2cc(OCc3ccccc3)c(C)cc2C=N1. The molecule has 0 radical (unpaired) electrons. The lowest BCUT2D eigenvalue weighted by atomic mass is 9.95. The molecule has 0 bridgehead atoms. The minimum Gasteiger partial charge on any atom is -0.489 e. The van der Waals surface area contributed by atoms with Crippen molar-refractivity contribution >= 4 is 6.21 Å². The van der Waals surface area contributed by atoms with E-state index in [4.69, 9.17) is 4.74 Å². The summed E-state index contributed by atoms with van der Waals surface area (Å²) in [5, 5.41) is 0. The second kappa shape index (κ2) is 6.13. The third kappa shape index (κ3) is 3.15. The van der Waals surface area contributed by atoms with Gasteiger partial charge in [-0.3, -0.25) is 4.99 Å². The first-order valence-electron chi connectivity index (χ1n) is 7.59. The van der Waals surface area contributed by atoms with Gasteiger partial charge in [0, 0.05) is 6.21 Å². The molecule has 0 unspecified atom stereocenters. The Bertz CT molecular complexity index is 646. The fourth-order valence-corrected chi connectivity index (χ4v) is 2.68. The van der Waals surface area contributed by atoms with Crippen LogP contribution in [0, 0.1) is 6.92 Å². The molecule has 0 spiro atoms. The number of nitrogens with zero attached hydrogens (tertiary/aromatic N) is 1. The van der Waals surface area contributed by atoms with E-state index in [1.807, 2.05) is 24.4 Å². The second-order valence-corrected chi connectivity index (χ2v) is 5.64. The van der Waals surface area contributed by atoms with Crippen LogP contribution in [0.15, 0.2) is 47.5 Å². The molecule has 3 rings (SSSR count). The molecule has 2 aromatic carbocycles. The zero-order valence-electron chi connectivity index (χ0n) is 12.7. The molecule has 1 atom stereocenters. The van der Waals surface area contributed by atoms with Gasteiger partial charge in [-0.1, -0.05) is 37.3 Å². The largest absolute Gasteiger partial charge is 0.489 e. The van der Waals surface area contributed by atoms with Crippen LogP contribution in [0.1, 0.15) is 35.6 Å². The van der Waals surface area contributed by atoms with Gasteiger partial charge in [0.15, 0.2) is 0 Å². The van der Waals surface area contributed by atoms with E-state index in [1.165, 1.54) is 22.3 Å². The highest BCUT2D eigenvalue weighted by atomic mass is 16.5. The van der Waals surface area contributed by atoms with Crippen LogP contribution in [0.5, 0.6) is 5.75 Å². The maximum atomic E-state index is 6.01. The smallest absolute Gasteiger partial charge is 0.123 e. The van der Waals surface area contributed by atoms with Crippen LogP contribution in [-0.4, -0.2) is 12.3 Å². The molecule has 108 valence electrons. The summed E-state index contributed by atoms with van der Waals surface area (Å²) in [7, 11) is 0. The highest BCUT2D eigenvalue weighted by molar-refractivity contribution is 5.84. The van der Waals surface area contributed by atoms with Gasteiger partial charge in [-0.15, -0.1) is 0 Å². The molecule has 0 amide bonds. The molecule has 1 heterocycles. The van der Waals surface area contributed by atoms with Crippen molar-refractivity contribution in [2.24, 2.45) is 4.99 Å². The first kappa shape index (κ1) is 13.9. The van der Waals surface area contributed by atoms with Crippen LogP contribution >= 0.6 is 0 Å². The van der Waals surface area contributed by atoms with Crippen molar-refractivity contribution in [2.45, 2.75) is 39.3 Å². The van der Waals surface area contributed by atoms with Crippen LogP contribution in [0.25, 0.3) is 0 Å². The summed E-state index contributed by atoms with van der Waals surface area (Å²) >= 11 is 0. The van der Waals surface area contributed by atoms with Crippen molar-refractivity contribution in [1.29, 1.82) is 0 Å². The van der Waals surface area contributed by atoms with Crippen molar-refractivity contribution in [3.8, 4) is 5.75 Å². The molecular weight excluding hydrogens is 258 g/mol. The summed E-state index contributed by atoms with van der Waals surface area (Å²) in [6.45, 7) is 4.90. The van der Waals surface area contributed by atoms with Crippen molar-refractivity contribution in [3.05, 3.63) is 64.7 Å². The summed E-state index contributed by atoms with van der Waals surface area (Å²) in [4.78, 5) is 4.59. The first-order chi connectivity index (χ1) is 10.3. The van der Waals surface area contributed by atoms with E-state index in [1.54, 1.807) is 0 Å². The van der Waals surface area contributed by atoms with Gasteiger partial charge in [0.05, 0.1) is 6.04 Å². The molecule has 21 heavy (non-hydrogen) atoms. The number of ether oxygens (including phenoxy) is 1. The topological polar surface area (TPSA) is 21.6 Å². The molecule has 2 nitrogen and oxygen atoms in total. The predicted molar refractivity (Wildman–Crippen MR) is 87.3 cm³/mol. The zero-order chi connectivity index (χ0) is 14.7. The van der Waals surface area contributed by atoms with E-state index in [0.29, 0.717) is 12.6 Å². The van der Waals surface area contributed by atoms with Crippen LogP contribution in [-0.2, 0) is 13.0 Å². The van der Waals surface area contributed by atoms with Crippen LogP contribution < -0.4 is 4.74 Å². The molecule has 0 N–H and O–H groups in total. The first-order valence-corrected chi connectivity index (χ1v) is 7.59. The van der Waals surface area contributed by atoms with Gasteiger partial charge < -0.3 is 4.74 Å². The number of hydrogen-bond donors (Lipinski definition) is 0. The van der Waals surface area contributed by atoms with Crippen molar-refractivity contribution in [3.63, 3.8) is 0 Å². The third-order valence-corrected chi connectivity index (χ3v) is 4.03. The van der Waals surface area contributed by atoms with Crippen LogP contribution in [0.4, 0.5) is 0 Å². The second-order valence-electron chi connectivity index (χ2n) is 5.64. The highest BCUT2D eigenvalue weighted by Gasteiger charge is 2.15. The fourth-order valence-electron chi connectivity index (χ4n) is 2.68. The number of hydrogen-bond acceptors (Lipinski definition) is 2. The maximum absolute atomic E-state index is 6.01. The fraction of sp³-hybridized carbons (Fsp3) is 0.316. The van der Waals surface area contributed by atoms with E-state index in [2.05, 4.69) is 43.1 Å². The number of benzene rings is 2. The Hall–Kier alpha value is -2.09. The molecule has 0 fully saturated rings. The lowest BCUT2D eigenvalue weighted by Crippen LogP contribution is -2.14. The quantitative estimate of drug-likeness (QED) is 0.816. The van der Waals surface area contributed by atoms with E-state index in [9.17, 15) is 0 Å². The Labute approximate surface area is 126 Å². The number of aliphatic imine (C=N–C) groups is 1. The molecule has 1 aliphatic heterocycles. The third-order valence-electron chi connectivity index (χ3n) is 4.03. The predicted octanol–water partition coefficient (Wildman–Crippen LogP) is 4.33. The Morgan fingerprint density at radius 2 is 2.00 bits per heavy atom. The van der Waals surface area contributed by atoms with E-state index in [-0.39, 0.29) is 0 Å². The molecular formula is C19H21NO.